The monoisotopic (exact) mass is 323 g/mol. The van der Waals surface area contributed by atoms with Crippen molar-refractivity contribution in [2.45, 2.75) is 4.90 Å². The Kier molecular flexibility index (Phi) is 4.40. The van der Waals surface area contributed by atoms with E-state index >= 15 is 0 Å². The van der Waals surface area contributed by atoms with E-state index in [1.807, 2.05) is 0 Å². The summed E-state index contributed by atoms with van der Waals surface area (Å²) in [7, 11) is -3.93. The molecular weight excluding hydrogens is 314 g/mol. The maximum atomic E-state index is 12.2. The van der Waals surface area contributed by atoms with E-state index in [0.29, 0.717) is 5.56 Å². The molecule has 21 heavy (non-hydrogen) atoms. The summed E-state index contributed by atoms with van der Waals surface area (Å²) in [5.74, 6) is 0. The molecule has 108 valence electrons. The molecule has 0 aromatic heterocycles. The fraction of sp³-hybridized carbons (Fsp3) is 0. The number of hydrogen-bond acceptors (Lipinski definition) is 4. The highest BCUT2D eigenvalue weighted by atomic mass is 35.5. The van der Waals surface area contributed by atoms with Gasteiger partial charge in [0, 0.05) is 16.5 Å². The Labute approximate surface area is 126 Å². The standard InChI is InChI=1S/C14H10ClNO4S/c15-12-6-7-14(13(10-12)16(17)18)21(19,20)9-8-11-4-2-1-3-5-11/h1-10H. The van der Waals surface area contributed by atoms with Gasteiger partial charge in [-0.3, -0.25) is 10.1 Å². The lowest BCUT2D eigenvalue weighted by Gasteiger charge is -2.01. The maximum absolute atomic E-state index is 12.2. The van der Waals surface area contributed by atoms with E-state index in [4.69, 9.17) is 11.6 Å². The number of benzene rings is 2. The van der Waals surface area contributed by atoms with Gasteiger partial charge in [0.1, 0.15) is 4.90 Å². The third kappa shape index (κ3) is 3.68. The molecule has 0 fully saturated rings. The Morgan fingerprint density at radius 3 is 2.38 bits per heavy atom. The van der Waals surface area contributed by atoms with Crippen LogP contribution in [0.2, 0.25) is 5.02 Å². The molecule has 0 N–H and O–H groups in total. The maximum Gasteiger partial charge on any atom is 0.289 e. The molecule has 2 aromatic carbocycles. The van der Waals surface area contributed by atoms with Crippen molar-refractivity contribution in [3.63, 3.8) is 0 Å². The third-order valence-corrected chi connectivity index (χ3v) is 4.35. The van der Waals surface area contributed by atoms with Gasteiger partial charge in [-0.1, -0.05) is 41.9 Å². The molecule has 0 spiro atoms. The quantitative estimate of drug-likeness (QED) is 0.635. The SMILES string of the molecule is O=[N+]([O-])c1cc(Cl)ccc1S(=O)(=O)C=Cc1ccccc1. The molecule has 2 rings (SSSR count). The van der Waals surface area contributed by atoms with Crippen molar-refractivity contribution in [3.8, 4) is 0 Å². The van der Waals surface area contributed by atoms with Gasteiger partial charge in [-0.25, -0.2) is 8.42 Å². The van der Waals surface area contributed by atoms with Crippen LogP contribution in [0.4, 0.5) is 5.69 Å². The van der Waals surface area contributed by atoms with Crippen LogP contribution in [0.15, 0.2) is 58.8 Å². The molecule has 0 bridgehead atoms. The summed E-state index contributed by atoms with van der Waals surface area (Å²) in [4.78, 5) is 9.80. The van der Waals surface area contributed by atoms with Gasteiger partial charge >= 0.3 is 0 Å². The van der Waals surface area contributed by atoms with Crippen LogP contribution in [0.3, 0.4) is 0 Å². The minimum absolute atomic E-state index is 0.104. The fourth-order valence-electron chi connectivity index (χ4n) is 1.68. The van der Waals surface area contributed by atoms with Crippen LogP contribution in [0.5, 0.6) is 0 Å². The van der Waals surface area contributed by atoms with Gasteiger partial charge in [0.2, 0.25) is 9.84 Å². The molecular formula is C14H10ClNO4S. The molecule has 0 atom stereocenters. The van der Waals surface area contributed by atoms with Crippen molar-refractivity contribution in [2.75, 3.05) is 0 Å². The van der Waals surface area contributed by atoms with Gasteiger partial charge in [0.15, 0.2) is 0 Å². The third-order valence-electron chi connectivity index (χ3n) is 2.66. The number of nitro benzene ring substituents is 1. The Morgan fingerprint density at radius 2 is 1.76 bits per heavy atom. The zero-order valence-electron chi connectivity index (χ0n) is 10.6. The largest absolute Gasteiger partial charge is 0.289 e. The van der Waals surface area contributed by atoms with Crippen LogP contribution in [-0.2, 0) is 9.84 Å². The molecule has 0 amide bonds. The summed E-state index contributed by atoms with van der Waals surface area (Å²) < 4.78 is 24.4. The zero-order chi connectivity index (χ0) is 15.5. The van der Waals surface area contributed by atoms with Crippen LogP contribution in [0, 0.1) is 10.1 Å². The summed E-state index contributed by atoms with van der Waals surface area (Å²) in [5.41, 5.74) is 0.137. The fourth-order valence-corrected chi connectivity index (χ4v) is 3.01. The van der Waals surface area contributed by atoms with Crippen LogP contribution in [0.1, 0.15) is 5.56 Å². The van der Waals surface area contributed by atoms with Gasteiger partial charge in [-0.2, -0.15) is 0 Å². The van der Waals surface area contributed by atoms with Gasteiger partial charge in [-0.15, -0.1) is 0 Å². The van der Waals surface area contributed by atoms with Crippen molar-refractivity contribution in [1.29, 1.82) is 0 Å². The second-order valence-electron chi connectivity index (χ2n) is 4.13. The van der Waals surface area contributed by atoms with E-state index in [2.05, 4.69) is 0 Å². The normalized spacial score (nSPS) is 11.7. The minimum Gasteiger partial charge on any atom is -0.258 e. The molecule has 0 saturated carbocycles. The molecule has 0 aliphatic rings. The first-order valence-electron chi connectivity index (χ1n) is 5.82. The Morgan fingerprint density at radius 1 is 1.10 bits per heavy atom. The van der Waals surface area contributed by atoms with Crippen molar-refractivity contribution in [3.05, 3.63) is 74.6 Å². The molecule has 0 radical (unpaired) electrons. The second-order valence-corrected chi connectivity index (χ2v) is 6.37. The molecule has 0 unspecified atom stereocenters. The van der Waals surface area contributed by atoms with Crippen molar-refractivity contribution < 1.29 is 13.3 Å². The van der Waals surface area contributed by atoms with Crippen LogP contribution >= 0.6 is 11.6 Å². The van der Waals surface area contributed by atoms with Gasteiger partial charge in [0.25, 0.3) is 5.69 Å². The van der Waals surface area contributed by atoms with E-state index in [1.165, 1.54) is 12.1 Å². The highest BCUT2D eigenvalue weighted by molar-refractivity contribution is 7.94. The highest BCUT2D eigenvalue weighted by Crippen LogP contribution is 2.28. The Balaban J connectivity index is 2.45. The summed E-state index contributed by atoms with van der Waals surface area (Å²) in [6, 6.07) is 12.2. The van der Waals surface area contributed by atoms with Crippen molar-refractivity contribution >= 4 is 33.2 Å². The summed E-state index contributed by atoms with van der Waals surface area (Å²) in [6.07, 6.45) is 1.38. The molecule has 5 nitrogen and oxygen atoms in total. The van der Waals surface area contributed by atoms with Gasteiger partial charge in [0.05, 0.1) is 4.92 Å². The number of hydrogen-bond donors (Lipinski definition) is 0. The van der Waals surface area contributed by atoms with Crippen LogP contribution < -0.4 is 0 Å². The van der Waals surface area contributed by atoms with Crippen LogP contribution in [-0.4, -0.2) is 13.3 Å². The number of sulfone groups is 1. The predicted molar refractivity (Wildman–Crippen MR) is 80.8 cm³/mol. The van der Waals surface area contributed by atoms with Crippen LogP contribution in [0.25, 0.3) is 6.08 Å². The molecule has 0 aliphatic carbocycles. The predicted octanol–water partition coefficient (Wildman–Crippen LogP) is 3.69. The van der Waals surface area contributed by atoms with Crippen molar-refractivity contribution in [2.24, 2.45) is 0 Å². The van der Waals surface area contributed by atoms with E-state index in [0.717, 1.165) is 17.5 Å². The number of nitro groups is 1. The summed E-state index contributed by atoms with van der Waals surface area (Å²) in [6.45, 7) is 0. The second kappa shape index (κ2) is 6.07. The average molecular weight is 324 g/mol. The summed E-state index contributed by atoms with van der Waals surface area (Å²) in [5, 5.41) is 12.0. The molecule has 7 heteroatoms. The molecule has 0 aliphatic heterocycles. The van der Waals surface area contributed by atoms with E-state index in [9.17, 15) is 18.5 Å². The van der Waals surface area contributed by atoms with E-state index < -0.39 is 20.4 Å². The van der Waals surface area contributed by atoms with E-state index in [-0.39, 0.29) is 9.92 Å². The highest BCUT2D eigenvalue weighted by Gasteiger charge is 2.23. The molecule has 0 saturated heterocycles. The van der Waals surface area contributed by atoms with Gasteiger partial charge in [-0.05, 0) is 23.8 Å². The first-order valence-corrected chi connectivity index (χ1v) is 7.75. The molecule has 0 heterocycles. The Hall–Kier alpha value is -2.18. The summed E-state index contributed by atoms with van der Waals surface area (Å²) >= 11 is 5.67. The Bertz CT molecular complexity index is 801. The van der Waals surface area contributed by atoms with Crippen molar-refractivity contribution in [1.82, 2.24) is 0 Å². The lowest BCUT2D eigenvalue weighted by atomic mass is 10.2. The first-order chi connectivity index (χ1) is 9.90. The number of rotatable bonds is 4. The number of halogens is 1. The van der Waals surface area contributed by atoms with Gasteiger partial charge < -0.3 is 0 Å². The zero-order valence-corrected chi connectivity index (χ0v) is 12.2. The lowest BCUT2D eigenvalue weighted by Crippen LogP contribution is -2.01. The molecule has 2 aromatic rings. The number of nitrogens with zero attached hydrogens (tertiary/aromatic N) is 1. The minimum atomic E-state index is -3.93. The van der Waals surface area contributed by atoms with E-state index in [1.54, 1.807) is 30.3 Å². The first kappa shape index (κ1) is 15.2. The lowest BCUT2D eigenvalue weighted by molar-refractivity contribution is -0.387. The topological polar surface area (TPSA) is 77.3 Å². The average Bonchev–Trinajstić information content (AvgIpc) is 2.46. The smallest absolute Gasteiger partial charge is 0.258 e.